The minimum absolute atomic E-state index is 0.0377. The molecule has 8 heteroatoms. The van der Waals surface area contributed by atoms with Crippen LogP contribution in [-0.2, 0) is 7.05 Å². The van der Waals surface area contributed by atoms with Crippen molar-refractivity contribution in [1.82, 2.24) is 14.7 Å². The number of non-ortho nitro benzene ring substituents is 1. The fraction of sp³-hybridized carbons (Fsp3) is 0.438. The fourth-order valence-electron chi connectivity index (χ4n) is 2.33. The van der Waals surface area contributed by atoms with Crippen LogP contribution in [0.4, 0.5) is 5.69 Å². The van der Waals surface area contributed by atoms with E-state index in [9.17, 15) is 15.2 Å². The van der Waals surface area contributed by atoms with Gasteiger partial charge in [0.25, 0.3) is 5.69 Å². The number of nitro benzene ring substituents is 1. The highest BCUT2D eigenvalue weighted by Gasteiger charge is 2.17. The molecule has 2 unspecified atom stereocenters. The molecule has 1 N–H and O–H groups in total. The van der Waals surface area contributed by atoms with Crippen molar-refractivity contribution in [3.05, 3.63) is 52.3 Å². The van der Waals surface area contributed by atoms with Crippen molar-refractivity contribution in [2.24, 2.45) is 7.05 Å². The van der Waals surface area contributed by atoms with Crippen molar-refractivity contribution >= 4 is 5.69 Å². The summed E-state index contributed by atoms with van der Waals surface area (Å²) >= 11 is 0. The van der Waals surface area contributed by atoms with Gasteiger partial charge in [-0.05, 0) is 20.0 Å². The van der Waals surface area contributed by atoms with E-state index in [1.807, 2.05) is 32.1 Å². The monoisotopic (exact) mass is 334 g/mol. The van der Waals surface area contributed by atoms with Crippen molar-refractivity contribution < 1.29 is 14.8 Å². The zero-order valence-electron chi connectivity index (χ0n) is 14.0. The van der Waals surface area contributed by atoms with Crippen LogP contribution >= 0.6 is 0 Å². The van der Waals surface area contributed by atoms with E-state index in [-0.39, 0.29) is 18.3 Å². The molecule has 2 rings (SSSR count). The van der Waals surface area contributed by atoms with Gasteiger partial charge >= 0.3 is 0 Å². The van der Waals surface area contributed by atoms with Gasteiger partial charge in [-0.2, -0.15) is 5.10 Å². The summed E-state index contributed by atoms with van der Waals surface area (Å²) in [5.41, 5.74) is 1.02. The van der Waals surface area contributed by atoms with Gasteiger partial charge in [0.2, 0.25) is 0 Å². The van der Waals surface area contributed by atoms with Crippen LogP contribution in [0.5, 0.6) is 5.75 Å². The lowest BCUT2D eigenvalue weighted by molar-refractivity contribution is -0.384. The normalized spacial score (nSPS) is 13.7. The molecule has 24 heavy (non-hydrogen) atoms. The summed E-state index contributed by atoms with van der Waals surface area (Å²) in [6, 6.07) is 6.02. The van der Waals surface area contributed by atoms with Crippen molar-refractivity contribution in [3.8, 4) is 5.75 Å². The maximum absolute atomic E-state index is 10.7. The largest absolute Gasteiger partial charge is 0.491 e. The zero-order chi connectivity index (χ0) is 17.7. The minimum Gasteiger partial charge on any atom is -0.491 e. The van der Waals surface area contributed by atoms with E-state index < -0.39 is 11.0 Å². The van der Waals surface area contributed by atoms with Crippen molar-refractivity contribution in [3.63, 3.8) is 0 Å². The molecule has 0 amide bonds. The fourth-order valence-corrected chi connectivity index (χ4v) is 2.33. The van der Waals surface area contributed by atoms with Gasteiger partial charge in [-0.3, -0.25) is 19.7 Å². The molecular weight excluding hydrogens is 312 g/mol. The summed E-state index contributed by atoms with van der Waals surface area (Å²) < 4.78 is 7.19. The Bertz CT molecular complexity index is 688. The molecule has 0 fully saturated rings. The van der Waals surface area contributed by atoms with E-state index in [1.165, 1.54) is 12.1 Å². The average molecular weight is 334 g/mol. The second-order valence-electron chi connectivity index (χ2n) is 5.78. The lowest BCUT2D eigenvalue weighted by Gasteiger charge is -2.26. The third-order valence-electron chi connectivity index (χ3n) is 3.84. The Hall–Kier alpha value is -2.45. The molecule has 0 bridgehead atoms. The molecule has 130 valence electrons. The Labute approximate surface area is 140 Å². The number of nitrogens with zero attached hydrogens (tertiary/aromatic N) is 4. The second kappa shape index (κ2) is 7.89. The maximum atomic E-state index is 10.7. The Morgan fingerprint density at radius 2 is 2.25 bits per heavy atom. The summed E-state index contributed by atoms with van der Waals surface area (Å²) in [6.45, 7) is 2.50. The van der Waals surface area contributed by atoms with Gasteiger partial charge in [-0.1, -0.05) is 6.07 Å². The molecule has 0 aliphatic heterocycles. The highest BCUT2D eigenvalue weighted by Crippen LogP contribution is 2.20. The van der Waals surface area contributed by atoms with Crippen molar-refractivity contribution in [2.45, 2.75) is 19.1 Å². The summed E-state index contributed by atoms with van der Waals surface area (Å²) in [6.07, 6.45) is 3.02. The lowest BCUT2D eigenvalue weighted by Crippen LogP contribution is -2.34. The van der Waals surface area contributed by atoms with E-state index in [0.717, 1.165) is 5.56 Å². The molecule has 0 radical (unpaired) electrons. The van der Waals surface area contributed by atoms with Gasteiger partial charge in [-0.25, -0.2) is 0 Å². The van der Waals surface area contributed by atoms with Gasteiger partial charge in [0, 0.05) is 37.5 Å². The number of nitro groups is 1. The van der Waals surface area contributed by atoms with Crippen LogP contribution in [0.2, 0.25) is 0 Å². The number of aryl methyl sites for hydroxylation is 1. The van der Waals surface area contributed by atoms with E-state index in [4.69, 9.17) is 4.74 Å². The standard InChI is InChI=1S/C16H22N4O4/c1-12(13-8-17-19(3)9-13)18(2)10-15(21)11-24-16-6-4-5-14(7-16)20(22)23/h4-9,12,15,21H,10-11H2,1-3H3. The molecule has 1 aromatic carbocycles. The summed E-state index contributed by atoms with van der Waals surface area (Å²) in [4.78, 5) is 12.3. The van der Waals surface area contributed by atoms with Crippen LogP contribution in [0.3, 0.4) is 0 Å². The first kappa shape index (κ1) is 17.9. The van der Waals surface area contributed by atoms with E-state index in [2.05, 4.69) is 5.10 Å². The number of ether oxygens (including phenoxy) is 1. The molecule has 2 atom stereocenters. The molecule has 1 aromatic heterocycles. The zero-order valence-corrected chi connectivity index (χ0v) is 14.0. The van der Waals surface area contributed by atoms with Gasteiger partial charge in [0.05, 0.1) is 17.2 Å². The number of hydrogen-bond donors (Lipinski definition) is 1. The van der Waals surface area contributed by atoms with Gasteiger partial charge < -0.3 is 9.84 Å². The third-order valence-corrected chi connectivity index (χ3v) is 3.84. The van der Waals surface area contributed by atoms with Crippen molar-refractivity contribution in [1.29, 1.82) is 0 Å². The van der Waals surface area contributed by atoms with Gasteiger partial charge in [-0.15, -0.1) is 0 Å². The molecule has 0 aliphatic rings. The molecule has 0 aliphatic carbocycles. The molecule has 0 saturated carbocycles. The number of aliphatic hydroxyl groups excluding tert-OH is 1. The number of rotatable bonds is 8. The number of aromatic nitrogens is 2. The van der Waals surface area contributed by atoms with Gasteiger partial charge in [0.1, 0.15) is 18.5 Å². The topological polar surface area (TPSA) is 93.7 Å². The molecule has 2 aromatic rings. The minimum atomic E-state index is -0.714. The van der Waals surface area contributed by atoms with E-state index in [0.29, 0.717) is 12.3 Å². The van der Waals surface area contributed by atoms with Crippen LogP contribution in [0.15, 0.2) is 36.7 Å². The van der Waals surface area contributed by atoms with Crippen LogP contribution in [-0.4, -0.2) is 51.0 Å². The molecule has 8 nitrogen and oxygen atoms in total. The van der Waals surface area contributed by atoms with Crippen LogP contribution in [0.1, 0.15) is 18.5 Å². The number of aliphatic hydroxyl groups is 1. The highest BCUT2D eigenvalue weighted by molar-refractivity contribution is 5.37. The SMILES string of the molecule is CC(c1cnn(C)c1)N(C)CC(O)COc1cccc([N+](=O)[O-])c1. The quantitative estimate of drug-likeness (QED) is 0.584. The van der Waals surface area contributed by atoms with Crippen LogP contribution in [0.25, 0.3) is 0 Å². The average Bonchev–Trinajstić information content (AvgIpc) is 2.98. The number of benzene rings is 1. The summed E-state index contributed by atoms with van der Waals surface area (Å²) in [5, 5.41) is 25.0. The predicted octanol–water partition coefficient (Wildman–Crippen LogP) is 1.76. The summed E-state index contributed by atoms with van der Waals surface area (Å²) in [7, 11) is 3.77. The highest BCUT2D eigenvalue weighted by atomic mass is 16.6. The Balaban J connectivity index is 1.85. The maximum Gasteiger partial charge on any atom is 0.273 e. The number of hydrogen-bond acceptors (Lipinski definition) is 6. The Morgan fingerprint density at radius 3 is 2.88 bits per heavy atom. The van der Waals surface area contributed by atoms with Crippen LogP contribution < -0.4 is 4.74 Å². The van der Waals surface area contributed by atoms with Crippen molar-refractivity contribution in [2.75, 3.05) is 20.2 Å². The van der Waals surface area contributed by atoms with E-state index >= 15 is 0 Å². The molecule has 0 spiro atoms. The predicted molar refractivity (Wildman–Crippen MR) is 88.9 cm³/mol. The first-order chi connectivity index (χ1) is 11.4. The smallest absolute Gasteiger partial charge is 0.273 e. The second-order valence-corrected chi connectivity index (χ2v) is 5.78. The lowest BCUT2D eigenvalue weighted by atomic mass is 10.1. The molecule has 1 heterocycles. The van der Waals surface area contributed by atoms with E-state index in [1.54, 1.807) is 23.0 Å². The van der Waals surface area contributed by atoms with Crippen LogP contribution in [0, 0.1) is 10.1 Å². The first-order valence-electron chi connectivity index (χ1n) is 7.61. The molecule has 0 saturated heterocycles. The first-order valence-corrected chi connectivity index (χ1v) is 7.61. The number of likely N-dealkylation sites (N-methyl/N-ethyl adjacent to an activating group) is 1. The van der Waals surface area contributed by atoms with Gasteiger partial charge in [0.15, 0.2) is 0 Å². The Kier molecular flexibility index (Phi) is 5.88. The summed E-state index contributed by atoms with van der Waals surface area (Å²) in [5.74, 6) is 0.367. The third kappa shape index (κ3) is 4.77. The Morgan fingerprint density at radius 1 is 1.50 bits per heavy atom. The molecular formula is C16H22N4O4.